The number of hydrogen-bond acceptors (Lipinski definition) is 4. The quantitative estimate of drug-likeness (QED) is 0.601. The fraction of sp³-hybridized carbons (Fsp3) is 0.0870. The maximum atomic E-state index is 5.02. The van der Waals surface area contributed by atoms with Crippen molar-refractivity contribution in [2.24, 2.45) is 15.0 Å². The van der Waals surface area contributed by atoms with Crippen LogP contribution in [0.4, 0.5) is 17.1 Å². The minimum atomic E-state index is 0.903. The Morgan fingerprint density at radius 3 is 1.74 bits per heavy atom. The average molecular weight is 348 g/mol. The maximum absolute atomic E-state index is 5.02. The molecule has 3 heterocycles. The van der Waals surface area contributed by atoms with E-state index in [0.29, 0.717) is 0 Å². The molecule has 0 spiro atoms. The van der Waals surface area contributed by atoms with Crippen molar-refractivity contribution in [3.63, 3.8) is 0 Å². The lowest BCUT2D eigenvalue weighted by Crippen LogP contribution is -2.48. The molecular weight excluding hydrogens is 332 g/mol. The molecule has 3 aromatic rings. The summed E-state index contributed by atoms with van der Waals surface area (Å²) in [6.07, 6.45) is 0.984. The van der Waals surface area contributed by atoms with Crippen LogP contribution >= 0.6 is 0 Å². The second kappa shape index (κ2) is 5.24. The van der Waals surface area contributed by atoms with E-state index in [1.165, 1.54) is 5.56 Å². The zero-order chi connectivity index (χ0) is 18.0. The van der Waals surface area contributed by atoms with Gasteiger partial charge in [-0.2, -0.15) is 0 Å². The minimum Gasteiger partial charge on any atom is -0.261 e. The van der Waals surface area contributed by atoms with Crippen LogP contribution in [0.1, 0.15) is 29.2 Å². The highest BCUT2D eigenvalue weighted by molar-refractivity contribution is 6.36. The number of benzene rings is 3. The van der Waals surface area contributed by atoms with Gasteiger partial charge in [-0.25, -0.2) is 15.0 Å². The van der Waals surface area contributed by atoms with Crippen LogP contribution in [0.2, 0.25) is 0 Å². The SMILES string of the molecule is CCc1ccc2c(c1)C1=Nc3ccccc3C3=Nc4ccccc4C(=N2)N31. The topological polar surface area (TPSA) is 40.3 Å². The largest absolute Gasteiger partial charge is 0.261 e. The highest BCUT2D eigenvalue weighted by atomic mass is 15.3. The van der Waals surface area contributed by atoms with Crippen molar-refractivity contribution in [2.75, 3.05) is 0 Å². The Morgan fingerprint density at radius 1 is 0.630 bits per heavy atom. The van der Waals surface area contributed by atoms with E-state index in [-0.39, 0.29) is 0 Å². The van der Waals surface area contributed by atoms with Gasteiger partial charge in [-0.3, -0.25) is 4.90 Å². The van der Waals surface area contributed by atoms with Gasteiger partial charge in [0.2, 0.25) is 0 Å². The first-order chi connectivity index (χ1) is 13.3. The van der Waals surface area contributed by atoms with Gasteiger partial charge in [0, 0.05) is 16.7 Å². The van der Waals surface area contributed by atoms with Gasteiger partial charge in [0.05, 0.1) is 17.1 Å². The van der Waals surface area contributed by atoms with Crippen LogP contribution < -0.4 is 0 Å². The number of fused-ring (bicyclic) bond motifs is 6. The normalized spacial score (nSPS) is 15.6. The van der Waals surface area contributed by atoms with Crippen LogP contribution in [0.3, 0.4) is 0 Å². The van der Waals surface area contributed by atoms with Crippen LogP contribution in [0.25, 0.3) is 0 Å². The molecule has 4 nitrogen and oxygen atoms in total. The first kappa shape index (κ1) is 14.6. The Kier molecular flexibility index (Phi) is 2.84. The Morgan fingerprint density at radius 2 is 1.15 bits per heavy atom. The fourth-order valence-electron chi connectivity index (χ4n) is 3.94. The van der Waals surface area contributed by atoms with Gasteiger partial charge in [-0.05, 0) is 48.4 Å². The molecule has 0 unspecified atom stereocenters. The Hall–Kier alpha value is -3.53. The molecule has 0 aromatic heterocycles. The summed E-state index contributed by atoms with van der Waals surface area (Å²) in [6.45, 7) is 2.17. The average Bonchev–Trinajstić information content (AvgIpc) is 2.73. The number of amidine groups is 3. The minimum absolute atomic E-state index is 0.903. The molecule has 0 radical (unpaired) electrons. The van der Waals surface area contributed by atoms with Crippen molar-refractivity contribution in [3.8, 4) is 0 Å². The van der Waals surface area contributed by atoms with Crippen LogP contribution in [0, 0.1) is 0 Å². The van der Waals surface area contributed by atoms with E-state index in [0.717, 1.165) is 57.7 Å². The molecule has 6 rings (SSSR count). The monoisotopic (exact) mass is 348 g/mol. The molecule has 0 atom stereocenters. The van der Waals surface area contributed by atoms with Gasteiger partial charge in [0.25, 0.3) is 0 Å². The van der Waals surface area contributed by atoms with Crippen LogP contribution in [0.5, 0.6) is 0 Å². The van der Waals surface area contributed by atoms with Crippen molar-refractivity contribution in [1.29, 1.82) is 0 Å². The standard InChI is InChI=1S/C23H16N4/c1-2-14-11-12-20-17(13-14)23-25-19-10-6-4-8-16(19)21-24-18-9-5-3-7-15(18)22(26-20)27(21)23/h3-13H,2H2,1H3. The molecule has 0 aliphatic carbocycles. The van der Waals surface area contributed by atoms with E-state index in [2.05, 4.69) is 48.2 Å². The van der Waals surface area contributed by atoms with Gasteiger partial charge in [0.1, 0.15) is 17.5 Å². The van der Waals surface area contributed by atoms with Crippen LogP contribution in [-0.4, -0.2) is 22.4 Å². The number of hydrogen-bond donors (Lipinski definition) is 0. The third-order valence-electron chi connectivity index (χ3n) is 5.31. The lowest BCUT2D eigenvalue weighted by atomic mass is 9.97. The summed E-state index contributed by atoms with van der Waals surface area (Å²) in [5.41, 5.74) is 7.30. The molecule has 0 bridgehead atoms. The number of aryl methyl sites for hydroxylation is 1. The van der Waals surface area contributed by atoms with Crippen molar-refractivity contribution in [1.82, 2.24) is 4.90 Å². The van der Waals surface area contributed by atoms with Crippen molar-refractivity contribution in [3.05, 3.63) is 89.0 Å². The Labute approximate surface area is 157 Å². The first-order valence-corrected chi connectivity index (χ1v) is 9.22. The van der Waals surface area contributed by atoms with Crippen LogP contribution in [0.15, 0.2) is 81.7 Å². The predicted molar refractivity (Wildman–Crippen MR) is 109 cm³/mol. The Balaban J connectivity index is 1.74. The molecular formula is C23H16N4. The summed E-state index contributed by atoms with van der Waals surface area (Å²) in [6, 6.07) is 22.8. The summed E-state index contributed by atoms with van der Waals surface area (Å²) in [7, 11) is 0. The molecule has 4 heteroatoms. The van der Waals surface area contributed by atoms with E-state index >= 15 is 0 Å². The predicted octanol–water partition coefficient (Wildman–Crippen LogP) is 5.13. The van der Waals surface area contributed by atoms with Gasteiger partial charge in [-0.15, -0.1) is 0 Å². The summed E-state index contributed by atoms with van der Waals surface area (Å²) in [5.74, 6) is 2.72. The second-order valence-corrected chi connectivity index (χ2v) is 6.88. The smallest absolute Gasteiger partial charge is 0.150 e. The van der Waals surface area contributed by atoms with Crippen LogP contribution in [-0.2, 0) is 6.42 Å². The molecule has 3 aliphatic heterocycles. The summed E-state index contributed by atoms with van der Waals surface area (Å²) in [5, 5.41) is 0. The van der Waals surface area contributed by atoms with E-state index < -0.39 is 0 Å². The third-order valence-corrected chi connectivity index (χ3v) is 5.31. The molecule has 0 amide bonds. The second-order valence-electron chi connectivity index (χ2n) is 6.88. The molecule has 3 aliphatic rings. The lowest BCUT2D eigenvalue weighted by Gasteiger charge is -2.38. The number of para-hydroxylation sites is 2. The van der Waals surface area contributed by atoms with Crippen molar-refractivity contribution in [2.45, 2.75) is 13.3 Å². The van der Waals surface area contributed by atoms with Crippen molar-refractivity contribution < 1.29 is 0 Å². The van der Waals surface area contributed by atoms with Gasteiger partial charge in [-0.1, -0.05) is 37.3 Å². The first-order valence-electron chi connectivity index (χ1n) is 9.22. The Bertz CT molecular complexity index is 1210. The zero-order valence-electron chi connectivity index (χ0n) is 14.8. The highest BCUT2D eigenvalue weighted by Crippen LogP contribution is 2.41. The molecule has 3 aromatic carbocycles. The van der Waals surface area contributed by atoms with E-state index in [9.17, 15) is 0 Å². The number of nitrogens with zero attached hydrogens (tertiary/aromatic N) is 4. The summed E-state index contributed by atoms with van der Waals surface area (Å²) >= 11 is 0. The van der Waals surface area contributed by atoms with E-state index in [1.807, 2.05) is 30.3 Å². The van der Waals surface area contributed by atoms with Gasteiger partial charge < -0.3 is 0 Å². The molecule has 0 N–H and O–H groups in total. The maximum Gasteiger partial charge on any atom is 0.150 e. The fourth-order valence-corrected chi connectivity index (χ4v) is 3.94. The highest BCUT2D eigenvalue weighted by Gasteiger charge is 2.38. The number of aliphatic imine (C=N–C) groups is 3. The number of rotatable bonds is 1. The lowest BCUT2D eigenvalue weighted by molar-refractivity contribution is 0.862. The molecule has 128 valence electrons. The molecule has 0 saturated heterocycles. The molecule has 0 fully saturated rings. The van der Waals surface area contributed by atoms with E-state index in [4.69, 9.17) is 15.0 Å². The summed E-state index contributed by atoms with van der Waals surface area (Å²) < 4.78 is 0. The zero-order valence-corrected chi connectivity index (χ0v) is 14.8. The van der Waals surface area contributed by atoms with E-state index in [1.54, 1.807) is 0 Å². The third kappa shape index (κ3) is 1.95. The van der Waals surface area contributed by atoms with Crippen molar-refractivity contribution >= 4 is 34.6 Å². The van der Waals surface area contributed by atoms with Gasteiger partial charge >= 0.3 is 0 Å². The molecule has 27 heavy (non-hydrogen) atoms. The summed E-state index contributed by atoms with van der Waals surface area (Å²) in [4.78, 5) is 17.1. The molecule has 0 saturated carbocycles. The van der Waals surface area contributed by atoms with Gasteiger partial charge in [0.15, 0.2) is 0 Å².